The van der Waals surface area contributed by atoms with Crippen molar-refractivity contribution in [3.05, 3.63) is 115 Å². The van der Waals surface area contributed by atoms with Crippen LogP contribution in [-0.2, 0) is 38.0 Å². The van der Waals surface area contributed by atoms with E-state index in [1.165, 1.54) is 72.8 Å². The largest absolute Gasteiger partial charge is 0.513 e. The molecule has 2 aliphatic rings. The smallest absolute Gasteiger partial charge is 0.463 e. The van der Waals surface area contributed by atoms with E-state index in [0.29, 0.717) is 38.5 Å². The Morgan fingerprint density at radius 3 is 1.13 bits per heavy atom. The maximum absolute atomic E-state index is 13.1. The van der Waals surface area contributed by atoms with Crippen LogP contribution in [-0.4, -0.2) is 80.8 Å². The molecule has 322 valence electrons. The summed E-state index contributed by atoms with van der Waals surface area (Å²) in [6.07, 6.45) is 4.22. The molecule has 0 N–H and O–H groups in total. The van der Waals surface area contributed by atoms with Crippen molar-refractivity contribution in [1.82, 2.24) is 0 Å². The van der Waals surface area contributed by atoms with Crippen molar-refractivity contribution in [1.29, 1.82) is 0 Å². The van der Waals surface area contributed by atoms with Crippen molar-refractivity contribution in [3.63, 3.8) is 0 Å². The van der Waals surface area contributed by atoms with Gasteiger partial charge in [0.15, 0.2) is 0 Å². The van der Waals surface area contributed by atoms with Gasteiger partial charge in [-0.3, -0.25) is 0 Å². The van der Waals surface area contributed by atoms with Crippen molar-refractivity contribution in [2.45, 2.75) is 63.6 Å². The number of carbonyl (C=O) groups excluding carboxylic acids is 7. The summed E-state index contributed by atoms with van der Waals surface area (Å²) in [5.74, 6) is -2.16. The summed E-state index contributed by atoms with van der Waals surface area (Å²) in [5.41, 5.74) is 0.748. The minimum absolute atomic E-state index is 0.0281. The van der Waals surface area contributed by atoms with Gasteiger partial charge in [-0.2, -0.15) is 0 Å². The van der Waals surface area contributed by atoms with E-state index in [0.717, 1.165) is 25.0 Å². The SMILES string of the molecule is C=CC(=O)OCCCCOC(=O)Oc1ccc(C(=O)Oc2ccc(C(=O)O[C@H]3CC[C@H]4[C@@H]3CC[C@H]4OC(=O)c3ccc(OC(=O)OCCCCOC(=O)C=C)cc3)cc2)cc1. The average molecular weight is 843 g/mol. The highest BCUT2D eigenvalue weighted by molar-refractivity contribution is 5.92. The van der Waals surface area contributed by atoms with Gasteiger partial charge in [-0.25, -0.2) is 33.6 Å². The fourth-order valence-electron chi connectivity index (χ4n) is 6.77. The summed E-state index contributed by atoms with van der Waals surface area (Å²) in [4.78, 5) is 84.8. The topological polar surface area (TPSA) is 203 Å². The van der Waals surface area contributed by atoms with Crippen LogP contribution >= 0.6 is 0 Å². The number of hydrogen-bond acceptors (Lipinski definition) is 16. The zero-order chi connectivity index (χ0) is 43.6. The Bertz CT molecular complexity index is 2020. The Kier molecular flexibility index (Phi) is 17.0. The van der Waals surface area contributed by atoms with Crippen molar-refractivity contribution in [2.24, 2.45) is 11.8 Å². The Morgan fingerprint density at radius 1 is 0.443 bits per heavy atom. The van der Waals surface area contributed by atoms with Crippen LogP contribution in [0, 0.1) is 11.8 Å². The van der Waals surface area contributed by atoms with E-state index in [1.807, 2.05) is 0 Å². The molecule has 0 bridgehead atoms. The molecule has 3 aromatic carbocycles. The third-order valence-corrected chi connectivity index (χ3v) is 9.81. The van der Waals surface area contributed by atoms with E-state index in [4.69, 9.17) is 42.6 Å². The Hall–Kier alpha value is -6.97. The monoisotopic (exact) mass is 842 g/mol. The highest BCUT2D eigenvalue weighted by Gasteiger charge is 2.48. The molecule has 16 heteroatoms. The number of carbonyl (C=O) groups is 7. The third kappa shape index (κ3) is 14.1. The molecule has 0 radical (unpaired) electrons. The molecule has 61 heavy (non-hydrogen) atoms. The lowest BCUT2D eigenvalue weighted by atomic mass is 9.98. The first-order chi connectivity index (χ1) is 29.5. The summed E-state index contributed by atoms with van der Waals surface area (Å²) >= 11 is 0. The lowest BCUT2D eigenvalue weighted by molar-refractivity contribution is -0.138. The molecular formula is C45H46O16. The lowest BCUT2D eigenvalue weighted by Gasteiger charge is -2.21. The number of ether oxygens (including phenoxy) is 9. The Labute approximate surface area is 351 Å². The van der Waals surface area contributed by atoms with Crippen LogP contribution in [0.3, 0.4) is 0 Å². The van der Waals surface area contributed by atoms with Crippen LogP contribution in [0.25, 0.3) is 0 Å². The summed E-state index contributed by atoms with van der Waals surface area (Å²) in [6, 6.07) is 17.5. The molecule has 5 rings (SSSR count). The van der Waals surface area contributed by atoms with Crippen LogP contribution in [0.2, 0.25) is 0 Å². The first-order valence-electron chi connectivity index (χ1n) is 19.7. The summed E-state index contributed by atoms with van der Waals surface area (Å²) in [6.45, 7) is 7.12. The van der Waals surface area contributed by atoms with E-state index < -0.39 is 42.2 Å². The summed E-state index contributed by atoms with van der Waals surface area (Å²) in [5, 5.41) is 0. The van der Waals surface area contributed by atoms with Gasteiger partial charge in [0.25, 0.3) is 0 Å². The predicted molar refractivity (Wildman–Crippen MR) is 213 cm³/mol. The molecule has 0 saturated heterocycles. The van der Waals surface area contributed by atoms with Gasteiger partial charge in [0.2, 0.25) is 0 Å². The van der Waals surface area contributed by atoms with Gasteiger partial charge in [-0.1, -0.05) is 13.2 Å². The third-order valence-electron chi connectivity index (χ3n) is 9.81. The van der Waals surface area contributed by atoms with Gasteiger partial charge in [0.1, 0.15) is 29.5 Å². The van der Waals surface area contributed by atoms with Crippen molar-refractivity contribution < 1.29 is 76.2 Å². The lowest BCUT2D eigenvalue weighted by Crippen LogP contribution is -2.26. The van der Waals surface area contributed by atoms with E-state index in [1.54, 1.807) is 0 Å². The summed E-state index contributed by atoms with van der Waals surface area (Å²) in [7, 11) is 0. The normalized spacial score (nSPS) is 17.4. The maximum Gasteiger partial charge on any atom is 0.513 e. The molecule has 0 unspecified atom stereocenters. The van der Waals surface area contributed by atoms with Crippen molar-refractivity contribution in [2.75, 3.05) is 26.4 Å². The molecule has 4 atom stereocenters. The molecule has 2 aliphatic carbocycles. The van der Waals surface area contributed by atoms with Crippen LogP contribution in [0.5, 0.6) is 17.2 Å². The molecule has 0 amide bonds. The molecule has 16 nitrogen and oxygen atoms in total. The standard InChI is InChI=1S/C45H46O16/c1-3-39(46)53-25-5-7-27-55-44(51)58-33-17-11-29(12-18-33)41(48)57-32-15-9-30(10-16-32)42(49)60-37-23-21-36-35(37)22-24-38(36)61-43(50)31-13-19-34(20-14-31)59-45(52)56-28-8-6-26-54-40(47)4-2/h3-4,9-20,35-38H,1-2,5-8,21-28H2/t35-,36-,37-,38+/m0/s1. The van der Waals surface area contributed by atoms with Crippen molar-refractivity contribution in [3.8, 4) is 17.2 Å². The average Bonchev–Trinajstić information content (AvgIpc) is 3.86. The van der Waals surface area contributed by atoms with E-state index in [2.05, 4.69) is 13.2 Å². The fourth-order valence-corrected chi connectivity index (χ4v) is 6.77. The molecule has 3 aromatic rings. The van der Waals surface area contributed by atoms with Crippen LogP contribution in [0.1, 0.15) is 82.4 Å². The minimum atomic E-state index is -0.925. The first kappa shape index (κ1) is 45.1. The second kappa shape index (κ2) is 23.0. The Balaban J connectivity index is 0.991. The fraction of sp³-hybridized carbons (Fsp3) is 0.356. The zero-order valence-corrected chi connectivity index (χ0v) is 33.3. The van der Waals surface area contributed by atoms with Gasteiger partial charge < -0.3 is 42.6 Å². The van der Waals surface area contributed by atoms with Crippen LogP contribution < -0.4 is 14.2 Å². The summed E-state index contributed by atoms with van der Waals surface area (Å²) < 4.78 is 47.2. The molecule has 0 aromatic heterocycles. The Morgan fingerprint density at radius 2 is 0.770 bits per heavy atom. The highest BCUT2D eigenvalue weighted by Crippen LogP contribution is 2.47. The van der Waals surface area contributed by atoms with E-state index in [-0.39, 0.29) is 84.4 Å². The van der Waals surface area contributed by atoms with E-state index >= 15 is 0 Å². The number of unbranched alkanes of at least 4 members (excludes halogenated alkanes) is 2. The second-order valence-electron chi connectivity index (χ2n) is 13.9. The molecule has 0 aliphatic heterocycles. The minimum Gasteiger partial charge on any atom is -0.463 e. The van der Waals surface area contributed by atoms with Crippen LogP contribution in [0.4, 0.5) is 9.59 Å². The maximum atomic E-state index is 13.1. The van der Waals surface area contributed by atoms with Gasteiger partial charge >= 0.3 is 42.2 Å². The second-order valence-corrected chi connectivity index (χ2v) is 13.9. The number of hydrogen-bond donors (Lipinski definition) is 0. The zero-order valence-electron chi connectivity index (χ0n) is 33.3. The molecular weight excluding hydrogens is 796 g/mol. The van der Waals surface area contributed by atoms with E-state index in [9.17, 15) is 33.6 Å². The van der Waals surface area contributed by atoms with Crippen molar-refractivity contribution >= 4 is 42.2 Å². The molecule has 2 saturated carbocycles. The highest BCUT2D eigenvalue weighted by atomic mass is 16.7. The van der Waals surface area contributed by atoms with Crippen LogP contribution in [0.15, 0.2) is 98.1 Å². The molecule has 2 fully saturated rings. The predicted octanol–water partition coefficient (Wildman–Crippen LogP) is 7.53. The number of rotatable bonds is 20. The first-order valence-corrected chi connectivity index (χ1v) is 19.7. The molecule has 0 heterocycles. The number of esters is 5. The number of benzene rings is 3. The van der Waals surface area contributed by atoms with Gasteiger partial charge in [0, 0.05) is 24.0 Å². The van der Waals surface area contributed by atoms with Gasteiger partial charge in [0.05, 0.1) is 43.1 Å². The van der Waals surface area contributed by atoms with Gasteiger partial charge in [-0.15, -0.1) is 0 Å². The molecule has 0 spiro atoms. The number of fused-ring (bicyclic) bond motifs is 1. The quantitative estimate of drug-likeness (QED) is 0.0269. The van der Waals surface area contributed by atoms with Gasteiger partial charge in [-0.05, 0) is 124 Å².